The third kappa shape index (κ3) is 4.95. The van der Waals surface area contributed by atoms with Crippen molar-refractivity contribution in [1.82, 2.24) is 10.2 Å². The molecule has 3 rings (SSSR count). The van der Waals surface area contributed by atoms with Gasteiger partial charge in [0.2, 0.25) is 10.0 Å². The van der Waals surface area contributed by atoms with Crippen LogP contribution in [0.25, 0.3) is 11.3 Å². The molecule has 0 atom stereocenters. The highest BCUT2D eigenvalue weighted by Gasteiger charge is 2.14. The van der Waals surface area contributed by atoms with Gasteiger partial charge in [-0.2, -0.15) is 5.10 Å². The van der Waals surface area contributed by atoms with Gasteiger partial charge >= 0.3 is 5.97 Å². The first-order valence-corrected chi connectivity index (χ1v) is 9.99. The highest BCUT2D eigenvalue weighted by Crippen LogP contribution is 2.23. The lowest BCUT2D eigenvalue weighted by atomic mass is 10.1. The quantitative estimate of drug-likeness (QED) is 0.608. The highest BCUT2D eigenvalue weighted by molar-refractivity contribution is 7.91. The van der Waals surface area contributed by atoms with Crippen molar-refractivity contribution in [2.24, 2.45) is 0 Å². The minimum atomic E-state index is -3.55. The topological polar surface area (TPSA) is 101 Å². The van der Waals surface area contributed by atoms with Crippen LogP contribution in [0.4, 0.5) is 5.69 Å². The van der Waals surface area contributed by atoms with Crippen LogP contribution in [0.15, 0.2) is 60.7 Å². The Hall–Kier alpha value is -3.13. The van der Waals surface area contributed by atoms with Gasteiger partial charge in [-0.15, -0.1) is 0 Å². The summed E-state index contributed by atoms with van der Waals surface area (Å²) >= 11 is 0. The Bertz CT molecular complexity index is 1030. The molecule has 0 amide bonds. The van der Waals surface area contributed by atoms with Crippen LogP contribution in [0.3, 0.4) is 0 Å². The van der Waals surface area contributed by atoms with E-state index in [1.807, 2.05) is 6.07 Å². The van der Waals surface area contributed by atoms with Gasteiger partial charge in [0, 0.05) is 11.3 Å². The van der Waals surface area contributed by atoms with E-state index in [9.17, 15) is 13.2 Å². The van der Waals surface area contributed by atoms with E-state index in [4.69, 9.17) is 4.74 Å². The van der Waals surface area contributed by atoms with Gasteiger partial charge in [0.05, 0.1) is 18.1 Å². The highest BCUT2D eigenvalue weighted by atomic mass is 32.2. The van der Waals surface area contributed by atoms with Crippen molar-refractivity contribution >= 4 is 21.7 Å². The number of sulfonamides is 1. The number of rotatable bonds is 7. The zero-order chi connectivity index (χ0) is 19.3. The lowest BCUT2D eigenvalue weighted by Gasteiger charge is -2.09. The molecular formula is C19H19N3O4S. The molecule has 0 radical (unpaired) electrons. The molecule has 0 spiro atoms. The fourth-order valence-corrected chi connectivity index (χ4v) is 3.73. The summed E-state index contributed by atoms with van der Waals surface area (Å²) in [5, 5.41) is 6.70. The van der Waals surface area contributed by atoms with Crippen molar-refractivity contribution in [3.05, 3.63) is 71.9 Å². The van der Waals surface area contributed by atoms with Gasteiger partial charge < -0.3 is 4.74 Å². The number of H-pyrrole nitrogens is 1. The third-order valence-corrected chi connectivity index (χ3v) is 4.97. The third-order valence-electron chi connectivity index (χ3n) is 3.71. The molecule has 0 fully saturated rings. The van der Waals surface area contributed by atoms with Crippen molar-refractivity contribution in [2.75, 3.05) is 11.3 Å². The summed E-state index contributed by atoms with van der Waals surface area (Å²) in [6.45, 7) is 1.98. The average Bonchev–Trinajstić information content (AvgIpc) is 3.12. The van der Waals surface area contributed by atoms with Crippen LogP contribution in [-0.2, 0) is 20.5 Å². The van der Waals surface area contributed by atoms with E-state index in [1.165, 1.54) is 0 Å². The molecule has 0 saturated carbocycles. The molecule has 0 aliphatic carbocycles. The normalized spacial score (nSPS) is 11.1. The number of aromatic amines is 1. The van der Waals surface area contributed by atoms with E-state index < -0.39 is 16.0 Å². The Kier molecular flexibility index (Phi) is 5.56. The Balaban J connectivity index is 1.77. The molecule has 0 aliphatic rings. The maximum atomic E-state index is 12.4. The summed E-state index contributed by atoms with van der Waals surface area (Å²) < 4.78 is 32.3. The summed E-state index contributed by atoms with van der Waals surface area (Å²) in [4.78, 5) is 11.7. The molecular weight excluding hydrogens is 366 g/mol. The maximum absolute atomic E-state index is 12.4. The van der Waals surface area contributed by atoms with E-state index in [1.54, 1.807) is 61.5 Å². The monoisotopic (exact) mass is 385 g/mol. The number of carbonyl (C=O) groups excluding carboxylic acids is 1. The predicted octanol–water partition coefficient (Wildman–Crippen LogP) is 3.20. The fraction of sp³-hybridized carbons (Fsp3) is 0.158. The molecule has 1 aromatic heterocycles. The first kappa shape index (κ1) is 18.7. The van der Waals surface area contributed by atoms with Crippen LogP contribution in [0.1, 0.15) is 23.0 Å². The number of nitrogens with one attached hydrogen (secondary N) is 2. The number of ether oxygens (including phenoxy) is 1. The van der Waals surface area contributed by atoms with Crippen molar-refractivity contribution < 1.29 is 17.9 Å². The van der Waals surface area contributed by atoms with Crippen LogP contribution >= 0.6 is 0 Å². The lowest BCUT2D eigenvalue weighted by Crippen LogP contribution is -2.15. The molecule has 2 N–H and O–H groups in total. The molecule has 2 aromatic carbocycles. The number of aromatic nitrogens is 2. The van der Waals surface area contributed by atoms with Crippen LogP contribution in [0.2, 0.25) is 0 Å². The van der Waals surface area contributed by atoms with Gasteiger partial charge in [0.25, 0.3) is 0 Å². The van der Waals surface area contributed by atoms with Crippen molar-refractivity contribution in [3.63, 3.8) is 0 Å². The fourth-order valence-electron chi connectivity index (χ4n) is 2.54. The zero-order valence-electron chi connectivity index (χ0n) is 14.7. The Labute approximate surface area is 157 Å². The second-order valence-electron chi connectivity index (χ2n) is 5.81. The van der Waals surface area contributed by atoms with Gasteiger partial charge in [0.15, 0.2) is 5.69 Å². The Morgan fingerprint density at radius 2 is 1.89 bits per heavy atom. The van der Waals surface area contributed by atoms with Gasteiger partial charge in [-0.05, 0) is 30.7 Å². The SMILES string of the molecule is CCOC(=O)c1cc(-c2cccc(NS(=O)(=O)Cc3ccccc3)c2)[nH]n1. The number of hydrogen-bond acceptors (Lipinski definition) is 5. The molecule has 0 aliphatic heterocycles. The van der Waals surface area contributed by atoms with E-state index in [-0.39, 0.29) is 18.1 Å². The minimum Gasteiger partial charge on any atom is -0.461 e. The first-order valence-electron chi connectivity index (χ1n) is 8.34. The summed E-state index contributed by atoms with van der Waals surface area (Å²) in [7, 11) is -3.55. The summed E-state index contributed by atoms with van der Waals surface area (Å²) in [6.07, 6.45) is 0. The van der Waals surface area contributed by atoms with Gasteiger partial charge in [-0.25, -0.2) is 13.2 Å². The lowest BCUT2D eigenvalue weighted by molar-refractivity contribution is 0.0519. The maximum Gasteiger partial charge on any atom is 0.358 e. The van der Waals surface area contributed by atoms with E-state index >= 15 is 0 Å². The predicted molar refractivity (Wildman–Crippen MR) is 103 cm³/mol. The molecule has 3 aromatic rings. The van der Waals surface area contributed by atoms with Gasteiger partial charge in [0.1, 0.15) is 0 Å². The van der Waals surface area contributed by atoms with Crippen molar-refractivity contribution in [3.8, 4) is 11.3 Å². The molecule has 0 saturated heterocycles. The van der Waals surface area contributed by atoms with Crippen LogP contribution in [0, 0.1) is 0 Å². The van der Waals surface area contributed by atoms with E-state index in [2.05, 4.69) is 14.9 Å². The van der Waals surface area contributed by atoms with E-state index in [0.29, 0.717) is 22.5 Å². The molecule has 0 unspecified atom stereocenters. The first-order chi connectivity index (χ1) is 13.0. The van der Waals surface area contributed by atoms with Crippen LogP contribution < -0.4 is 4.72 Å². The van der Waals surface area contributed by atoms with Crippen LogP contribution in [0.5, 0.6) is 0 Å². The molecule has 1 heterocycles. The van der Waals surface area contributed by atoms with Crippen molar-refractivity contribution in [1.29, 1.82) is 0 Å². The molecule has 8 heteroatoms. The number of esters is 1. The number of nitrogens with zero attached hydrogens (tertiary/aromatic N) is 1. The van der Waals surface area contributed by atoms with Crippen molar-refractivity contribution in [2.45, 2.75) is 12.7 Å². The molecule has 7 nitrogen and oxygen atoms in total. The molecule has 140 valence electrons. The average molecular weight is 385 g/mol. The second kappa shape index (κ2) is 8.05. The van der Waals surface area contributed by atoms with Gasteiger partial charge in [-0.3, -0.25) is 9.82 Å². The summed E-state index contributed by atoms with van der Waals surface area (Å²) in [5.74, 6) is -0.630. The Morgan fingerprint density at radius 1 is 1.11 bits per heavy atom. The summed E-state index contributed by atoms with van der Waals surface area (Å²) in [6, 6.07) is 17.4. The second-order valence-corrected chi connectivity index (χ2v) is 7.54. The molecule has 27 heavy (non-hydrogen) atoms. The molecule has 0 bridgehead atoms. The number of anilines is 1. The number of hydrogen-bond donors (Lipinski definition) is 2. The minimum absolute atomic E-state index is 0.116. The number of benzene rings is 2. The number of carbonyl (C=O) groups is 1. The van der Waals surface area contributed by atoms with Gasteiger partial charge in [-0.1, -0.05) is 42.5 Å². The van der Waals surface area contributed by atoms with Crippen LogP contribution in [-0.4, -0.2) is 31.2 Å². The largest absolute Gasteiger partial charge is 0.461 e. The van der Waals surface area contributed by atoms with E-state index in [0.717, 1.165) is 0 Å². The zero-order valence-corrected chi connectivity index (χ0v) is 15.5. The summed E-state index contributed by atoms with van der Waals surface area (Å²) in [5.41, 5.74) is 2.58. The standard InChI is InChI=1S/C19H19N3O4S/c1-2-26-19(23)18-12-17(20-21-18)15-9-6-10-16(11-15)22-27(24,25)13-14-7-4-3-5-8-14/h3-12,22H,2,13H2,1H3,(H,20,21). The smallest absolute Gasteiger partial charge is 0.358 e. The Morgan fingerprint density at radius 3 is 2.63 bits per heavy atom.